The third-order valence-electron chi connectivity index (χ3n) is 2.40. The van der Waals surface area contributed by atoms with Crippen LogP contribution in [0.2, 0.25) is 5.02 Å². The maximum atomic E-state index is 9.70. The maximum Gasteiger partial charge on any atom is 0.140 e. The molecule has 3 nitrogen and oxygen atoms in total. The largest absolute Gasteiger partial charge is 0.506 e. The lowest BCUT2D eigenvalue weighted by molar-refractivity contribution is 0.470. The van der Waals surface area contributed by atoms with E-state index in [0.29, 0.717) is 5.02 Å². The van der Waals surface area contributed by atoms with Crippen LogP contribution >= 0.6 is 11.6 Å². The van der Waals surface area contributed by atoms with E-state index in [9.17, 15) is 5.11 Å². The molecule has 4 heteroatoms. The zero-order chi connectivity index (χ0) is 9.97. The Labute approximate surface area is 88.3 Å². The molecule has 1 aliphatic rings. The number of nitrogens with one attached hydrogen (secondary N) is 1. The highest BCUT2D eigenvalue weighted by Crippen LogP contribution is 2.29. The molecular formula is C10H13ClN2O. The molecule has 14 heavy (non-hydrogen) atoms. The van der Waals surface area contributed by atoms with E-state index in [2.05, 4.69) is 10.2 Å². The van der Waals surface area contributed by atoms with Crippen LogP contribution in [-0.4, -0.2) is 31.3 Å². The molecule has 1 aliphatic heterocycles. The van der Waals surface area contributed by atoms with Gasteiger partial charge in [0.2, 0.25) is 0 Å². The predicted molar refractivity (Wildman–Crippen MR) is 58.2 cm³/mol. The molecule has 1 fully saturated rings. The van der Waals surface area contributed by atoms with Crippen molar-refractivity contribution in [1.29, 1.82) is 0 Å². The van der Waals surface area contributed by atoms with Gasteiger partial charge in [0.25, 0.3) is 0 Å². The Morgan fingerprint density at radius 3 is 2.64 bits per heavy atom. The fourth-order valence-corrected chi connectivity index (χ4v) is 1.84. The molecule has 0 spiro atoms. The second kappa shape index (κ2) is 4.07. The molecule has 1 aromatic carbocycles. The first-order valence-corrected chi connectivity index (χ1v) is 5.09. The third kappa shape index (κ3) is 1.94. The molecule has 0 aromatic heterocycles. The Morgan fingerprint density at radius 2 is 2.00 bits per heavy atom. The van der Waals surface area contributed by atoms with Gasteiger partial charge < -0.3 is 15.3 Å². The highest BCUT2D eigenvalue weighted by Gasteiger charge is 2.13. The quantitative estimate of drug-likeness (QED) is 0.740. The predicted octanol–water partition coefficient (Wildman–Crippen LogP) is 1.46. The summed E-state index contributed by atoms with van der Waals surface area (Å²) in [5, 5.41) is 13.5. The van der Waals surface area contributed by atoms with Crippen molar-refractivity contribution in [3.05, 3.63) is 23.2 Å². The number of halogens is 1. The van der Waals surface area contributed by atoms with Gasteiger partial charge in [0.05, 0.1) is 5.69 Å². The number of anilines is 1. The Bertz CT molecular complexity index is 324. The molecule has 0 amide bonds. The molecule has 0 saturated carbocycles. The Balaban J connectivity index is 2.22. The first-order chi connectivity index (χ1) is 6.77. The van der Waals surface area contributed by atoms with Crippen LogP contribution in [-0.2, 0) is 0 Å². The Morgan fingerprint density at radius 1 is 1.29 bits per heavy atom. The number of hydrogen-bond acceptors (Lipinski definition) is 3. The van der Waals surface area contributed by atoms with Crippen LogP contribution < -0.4 is 10.2 Å². The summed E-state index contributed by atoms with van der Waals surface area (Å²) in [6, 6.07) is 5.25. The summed E-state index contributed by atoms with van der Waals surface area (Å²) in [7, 11) is 0. The first kappa shape index (κ1) is 9.62. The summed E-state index contributed by atoms with van der Waals surface area (Å²) in [5.74, 6) is 0.263. The lowest BCUT2D eigenvalue weighted by Gasteiger charge is -2.29. The van der Waals surface area contributed by atoms with E-state index >= 15 is 0 Å². The second-order valence-electron chi connectivity index (χ2n) is 3.37. The van der Waals surface area contributed by atoms with Crippen LogP contribution in [0, 0.1) is 0 Å². The number of nitrogens with zero attached hydrogens (tertiary/aromatic N) is 1. The molecule has 0 atom stereocenters. The van der Waals surface area contributed by atoms with Crippen LogP contribution in [0.25, 0.3) is 0 Å². The number of phenolic OH excluding ortho intramolecular Hbond substituents is 1. The van der Waals surface area contributed by atoms with Crippen molar-refractivity contribution in [2.24, 2.45) is 0 Å². The molecule has 76 valence electrons. The molecule has 1 saturated heterocycles. The smallest absolute Gasteiger partial charge is 0.140 e. The second-order valence-corrected chi connectivity index (χ2v) is 3.81. The van der Waals surface area contributed by atoms with Crippen LogP contribution in [0.5, 0.6) is 5.75 Å². The van der Waals surface area contributed by atoms with Gasteiger partial charge in [0.1, 0.15) is 5.75 Å². The van der Waals surface area contributed by atoms with Gasteiger partial charge in [-0.05, 0) is 12.1 Å². The molecular weight excluding hydrogens is 200 g/mol. The van der Waals surface area contributed by atoms with E-state index in [1.54, 1.807) is 12.1 Å². The van der Waals surface area contributed by atoms with Gasteiger partial charge in [-0.2, -0.15) is 0 Å². The van der Waals surface area contributed by atoms with Crippen molar-refractivity contribution in [3.8, 4) is 5.75 Å². The van der Waals surface area contributed by atoms with Crippen molar-refractivity contribution in [2.75, 3.05) is 31.1 Å². The van der Waals surface area contributed by atoms with E-state index in [1.165, 1.54) is 0 Å². The summed E-state index contributed by atoms with van der Waals surface area (Å²) in [6.07, 6.45) is 0. The SMILES string of the molecule is Oc1cc(Cl)ccc1N1CCNCC1. The molecule has 2 rings (SSSR count). The molecule has 0 radical (unpaired) electrons. The summed E-state index contributed by atoms with van der Waals surface area (Å²) < 4.78 is 0. The Hall–Kier alpha value is -0.930. The molecule has 0 unspecified atom stereocenters. The first-order valence-electron chi connectivity index (χ1n) is 4.71. The highest BCUT2D eigenvalue weighted by molar-refractivity contribution is 6.30. The maximum absolute atomic E-state index is 9.70. The zero-order valence-electron chi connectivity index (χ0n) is 7.83. The topological polar surface area (TPSA) is 35.5 Å². The third-order valence-corrected chi connectivity index (χ3v) is 2.63. The zero-order valence-corrected chi connectivity index (χ0v) is 8.59. The van der Waals surface area contributed by atoms with E-state index in [4.69, 9.17) is 11.6 Å². The number of piperazine rings is 1. The summed E-state index contributed by atoms with van der Waals surface area (Å²) in [5.41, 5.74) is 0.871. The average molecular weight is 213 g/mol. The normalized spacial score (nSPS) is 17.1. The van der Waals surface area contributed by atoms with Crippen molar-refractivity contribution in [1.82, 2.24) is 5.32 Å². The van der Waals surface area contributed by atoms with E-state index < -0.39 is 0 Å². The summed E-state index contributed by atoms with van der Waals surface area (Å²) >= 11 is 5.77. The number of rotatable bonds is 1. The van der Waals surface area contributed by atoms with Crippen LogP contribution in [0.3, 0.4) is 0 Å². The molecule has 1 aromatic rings. The van der Waals surface area contributed by atoms with E-state index in [0.717, 1.165) is 31.9 Å². The molecule has 2 N–H and O–H groups in total. The van der Waals surface area contributed by atoms with Gasteiger partial charge in [0, 0.05) is 37.3 Å². The average Bonchev–Trinajstić information content (AvgIpc) is 2.19. The van der Waals surface area contributed by atoms with Gasteiger partial charge in [-0.3, -0.25) is 0 Å². The van der Waals surface area contributed by atoms with E-state index in [-0.39, 0.29) is 5.75 Å². The van der Waals surface area contributed by atoms with Gasteiger partial charge in [-0.25, -0.2) is 0 Å². The fraction of sp³-hybridized carbons (Fsp3) is 0.400. The Kier molecular flexibility index (Phi) is 2.79. The van der Waals surface area contributed by atoms with Gasteiger partial charge >= 0.3 is 0 Å². The van der Waals surface area contributed by atoms with Crippen LogP contribution in [0.15, 0.2) is 18.2 Å². The minimum atomic E-state index is 0.263. The van der Waals surface area contributed by atoms with Crippen LogP contribution in [0.1, 0.15) is 0 Å². The highest BCUT2D eigenvalue weighted by atomic mass is 35.5. The lowest BCUT2D eigenvalue weighted by Crippen LogP contribution is -2.43. The standard InChI is InChI=1S/C10H13ClN2O/c11-8-1-2-9(10(14)7-8)13-5-3-12-4-6-13/h1-2,7,12,14H,3-6H2. The number of benzene rings is 1. The molecule has 0 bridgehead atoms. The van der Waals surface area contributed by atoms with Gasteiger partial charge in [-0.1, -0.05) is 11.6 Å². The van der Waals surface area contributed by atoms with Crippen molar-refractivity contribution in [2.45, 2.75) is 0 Å². The molecule has 0 aliphatic carbocycles. The number of hydrogen-bond donors (Lipinski definition) is 2. The number of phenols is 1. The van der Waals surface area contributed by atoms with Crippen molar-refractivity contribution < 1.29 is 5.11 Å². The minimum Gasteiger partial charge on any atom is -0.506 e. The number of aromatic hydroxyl groups is 1. The van der Waals surface area contributed by atoms with Gasteiger partial charge in [0.15, 0.2) is 0 Å². The monoisotopic (exact) mass is 212 g/mol. The molecule has 1 heterocycles. The lowest BCUT2D eigenvalue weighted by atomic mass is 10.2. The summed E-state index contributed by atoms with van der Waals surface area (Å²) in [6.45, 7) is 3.77. The van der Waals surface area contributed by atoms with Gasteiger partial charge in [-0.15, -0.1) is 0 Å². The summed E-state index contributed by atoms with van der Waals surface area (Å²) in [4.78, 5) is 2.15. The van der Waals surface area contributed by atoms with E-state index in [1.807, 2.05) is 6.07 Å². The fourth-order valence-electron chi connectivity index (χ4n) is 1.67. The van der Waals surface area contributed by atoms with Crippen molar-refractivity contribution >= 4 is 17.3 Å². The van der Waals surface area contributed by atoms with Crippen molar-refractivity contribution in [3.63, 3.8) is 0 Å². The van der Waals surface area contributed by atoms with Crippen LogP contribution in [0.4, 0.5) is 5.69 Å². The minimum absolute atomic E-state index is 0.263.